The zero-order valence-electron chi connectivity index (χ0n) is 21.8. The zero-order chi connectivity index (χ0) is 27.8. The molecular weight excluding hydrogens is 478 g/mol. The third-order valence-corrected chi connectivity index (χ3v) is 5.26. The van der Waals surface area contributed by atoms with E-state index < -0.39 is 42.2 Å². The van der Waals surface area contributed by atoms with E-state index in [4.69, 9.17) is 9.47 Å². The van der Waals surface area contributed by atoms with Gasteiger partial charge in [0.2, 0.25) is 5.91 Å². The number of carbonyl (C=O) groups is 3. The van der Waals surface area contributed by atoms with Gasteiger partial charge in [-0.2, -0.15) is 0 Å². The van der Waals surface area contributed by atoms with Crippen molar-refractivity contribution in [3.8, 4) is 11.5 Å². The van der Waals surface area contributed by atoms with Crippen LogP contribution in [-0.4, -0.2) is 64.9 Å². The average molecular weight is 514 g/mol. The maximum absolute atomic E-state index is 13.6. The van der Waals surface area contributed by atoms with Crippen LogP contribution in [0.1, 0.15) is 37.9 Å². The molecule has 2 unspecified atom stereocenters. The lowest BCUT2D eigenvalue weighted by Crippen LogP contribution is -2.53. The molecule has 3 amide bonds. The number of phenolic OH excluding ortho intramolecular Hbond substituents is 1. The first kappa shape index (κ1) is 29.2. The molecule has 0 radical (unpaired) electrons. The molecular formula is C27H35N3O7. The smallest absolute Gasteiger partial charge is 0.408 e. The summed E-state index contributed by atoms with van der Waals surface area (Å²) in [5, 5.41) is 25.9. The van der Waals surface area contributed by atoms with Crippen LogP contribution in [0, 0.1) is 6.92 Å². The first-order valence-electron chi connectivity index (χ1n) is 11.7. The molecule has 4 N–H and O–H groups in total. The number of benzene rings is 2. The van der Waals surface area contributed by atoms with Crippen LogP contribution in [0.3, 0.4) is 0 Å². The number of aliphatic hydroxyl groups is 1. The number of amides is 3. The number of hydrogen-bond acceptors (Lipinski definition) is 7. The number of aliphatic hydroxyl groups excluding tert-OH is 1. The van der Waals surface area contributed by atoms with Crippen LogP contribution in [-0.2, 0) is 14.3 Å². The average Bonchev–Trinajstić information content (AvgIpc) is 2.83. The Morgan fingerprint density at radius 3 is 2.32 bits per heavy atom. The summed E-state index contributed by atoms with van der Waals surface area (Å²) < 4.78 is 10.3. The minimum Gasteiger partial charge on any atom is -0.507 e. The predicted molar refractivity (Wildman–Crippen MR) is 139 cm³/mol. The summed E-state index contributed by atoms with van der Waals surface area (Å²) in [5.41, 5.74) is 0.258. The Labute approximate surface area is 216 Å². The van der Waals surface area contributed by atoms with Gasteiger partial charge in [0, 0.05) is 17.8 Å². The molecule has 0 heterocycles. The summed E-state index contributed by atoms with van der Waals surface area (Å²) in [6.45, 7) is 9.44. The van der Waals surface area contributed by atoms with Crippen molar-refractivity contribution >= 4 is 23.6 Å². The number of aromatic hydroxyl groups is 1. The molecule has 0 aliphatic carbocycles. The molecule has 0 fully saturated rings. The van der Waals surface area contributed by atoms with E-state index in [9.17, 15) is 24.6 Å². The number of alkyl carbamates (subject to hydrolysis) is 1. The summed E-state index contributed by atoms with van der Waals surface area (Å²) in [5.74, 6) is -0.979. The number of ether oxygens (including phenoxy) is 2. The second-order valence-electron chi connectivity index (χ2n) is 9.29. The highest BCUT2D eigenvalue weighted by Gasteiger charge is 2.37. The van der Waals surface area contributed by atoms with E-state index in [2.05, 4.69) is 17.2 Å². The van der Waals surface area contributed by atoms with Crippen molar-refractivity contribution in [2.24, 2.45) is 0 Å². The summed E-state index contributed by atoms with van der Waals surface area (Å²) in [6, 6.07) is 8.67. The maximum Gasteiger partial charge on any atom is 0.408 e. The fourth-order valence-electron chi connectivity index (χ4n) is 3.54. The fourth-order valence-corrected chi connectivity index (χ4v) is 3.54. The van der Waals surface area contributed by atoms with Crippen LogP contribution in [0.2, 0.25) is 0 Å². The molecule has 37 heavy (non-hydrogen) atoms. The number of para-hydroxylation sites is 1. The number of methoxy groups -OCH3 is 1. The number of nitrogens with zero attached hydrogens (tertiary/aromatic N) is 1. The Morgan fingerprint density at radius 2 is 1.78 bits per heavy atom. The molecule has 10 nitrogen and oxygen atoms in total. The lowest BCUT2D eigenvalue weighted by molar-refractivity contribution is -0.141. The topological polar surface area (TPSA) is 137 Å². The first-order valence-corrected chi connectivity index (χ1v) is 11.7. The molecule has 2 aromatic carbocycles. The van der Waals surface area contributed by atoms with Crippen molar-refractivity contribution in [2.45, 2.75) is 45.4 Å². The number of anilines is 1. The van der Waals surface area contributed by atoms with Crippen LogP contribution < -0.4 is 15.4 Å². The van der Waals surface area contributed by atoms with Crippen molar-refractivity contribution in [3.05, 3.63) is 66.2 Å². The molecule has 0 aliphatic rings. The lowest BCUT2D eigenvalue weighted by atomic mass is 9.99. The van der Waals surface area contributed by atoms with Gasteiger partial charge >= 0.3 is 6.09 Å². The molecule has 2 atom stereocenters. The molecule has 0 aromatic heterocycles. The Morgan fingerprint density at radius 1 is 1.14 bits per heavy atom. The minimum atomic E-state index is -1.42. The molecule has 2 aromatic rings. The largest absolute Gasteiger partial charge is 0.507 e. The normalized spacial score (nSPS) is 12.6. The number of carbonyl (C=O) groups excluding carboxylic acids is 3. The van der Waals surface area contributed by atoms with Gasteiger partial charge in [0.05, 0.1) is 13.7 Å². The first-order chi connectivity index (χ1) is 17.4. The van der Waals surface area contributed by atoms with E-state index in [1.54, 1.807) is 64.1 Å². The third-order valence-electron chi connectivity index (χ3n) is 5.26. The molecule has 2 rings (SSSR count). The predicted octanol–water partition coefficient (Wildman–Crippen LogP) is 3.29. The van der Waals surface area contributed by atoms with E-state index in [0.29, 0.717) is 17.0 Å². The van der Waals surface area contributed by atoms with Gasteiger partial charge in [-0.25, -0.2) is 4.79 Å². The highest BCUT2D eigenvalue weighted by atomic mass is 16.6. The lowest BCUT2D eigenvalue weighted by Gasteiger charge is -2.33. The number of aryl methyl sites for hydroxylation is 1. The summed E-state index contributed by atoms with van der Waals surface area (Å²) in [4.78, 5) is 40.6. The van der Waals surface area contributed by atoms with Gasteiger partial charge in [-0.3, -0.25) is 9.59 Å². The van der Waals surface area contributed by atoms with Crippen LogP contribution in [0.4, 0.5) is 10.5 Å². The van der Waals surface area contributed by atoms with E-state index >= 15 is 0 Å². The number of hydrogen-bond donors (Lipinski definition) is 4. The van der Waals surface area contributed by atoms with E-state index in [1.807, 2.05) is 0 Å². The van der Waals surface area contributed by atoms with Gasteiger partial charge < -0.3 is 35.2 Å². The summed E-state index contributed by atoms with van der Waals surface area (Å²) in [7, 11) is 1.52. The third kappa shape index (κ3) is 7.97. The molecule has 0 aliphatic heterocycles. The molecule has 0 spiro atoms. The maximum atomic E-state index is 13.6. The van der Waals surface area contributed by atoms with E-state index in [-0.39, 0.29) is 17.9 Å². The Hall–Kier alpha value is -4.05. The van der Waals surface area contributed by atoms with Gasteiger partial charge in [-0.15, -0.1) is 6.58 Å². The highest BCUT2D eigenvalue weighted by molar-refractivity contribution is 5.99. The quantitative estimate of drug-likeness (QED) is 0.358. The monoisotopic (exact) mass is 513 g/mol. The minimum absolute atomic E-state index is 0.126. The fraction of sp³-hybridized carbons (Fsp3) is 0.370. The van der Waals surface area contributed by atoms with E-state index in [1.165, 1.54) is 19.3 Å². The second kappa shape index (κ2) is 12.8. The molecule has 10 heteroatoms. The Bertz CT molecular complexity index is 1110. The number of phenols is 1. The van der Waals surface area contributed by atoms with Gasteiger partial charge in [0.25, 0.3) is 5.91 Å². The second-order valence-corrected chi connectivity index (χ2v) is 9.29. The van der Waals surface area contributed by atoms with Crippen molar-refractivity contribution in [3.63, 3.8) is 0 Å². The van der Waals surface area contributed by atoms with Crippen molar-refractivity contribution in [1.82, 2.24) is 10.2 Å². The summed E-state index contributed by atoms with van der Waals surface area (Å²) >= 11 is 0. The van der Waals surface area contributed by atoms with Crippen LogP contribution in [0.5, 0.6) is 11.5 Å². The van der Waals surface area contributed by atoms with Gasteiger partial charge in [-0.05, 0) is 57.5 Å². The Kier molecular flexibility index (Phi) is 10.1. The summed E-state index contributed by atoms with van der Waals surface area (Å²) in [6.07, 6.45) is 0.497. The number of rotatable bonds is 10. The van der Waals surface area contributed by atoms with Gasteiger partial charge in [0.15, 0.2) is 0 Å². The van der Waals surface area contributed by atoms with Crippen molar-refractivity contribution in [1.29, 1.82) is 0 Å². The molecule has 0 bridgehead atoms. The Balaban J connectivity index is 2.49. The van der Waals surface area contributed by atoms with E-state index in [0.717, 1.165) is 4.90 Å². The van der Waals surface area contributed by atoms with Gasteiger partial charge in [0.1, 0.15) is 29.2 Å². The molecule has 0 saturated carbocycles. The van der Waals surface area contributed by atoms with Crippen molar-refractivity contribution < 1.29 is 34.1 Å². The van der Waals surface area contributed by atoms with Gasteiger partial charge in [-0.1, -0.05) is 24.3 Å². The standard InChI is InChI=1S/C27H35N3O7/c1-7-15-30(25(34)21(16-31)29-26(35)37-27(3,4)5)22(20-10-8-9-17(2)23(20)32)24(33)28-18-11-13-19(36-6)14-12-18/h7-14,21-22,31-32H,1,15-16H2,2-6H3,(H,28,33)(H,29,35). The molecule has 0 saturated heterocycles. The highest BCUT2D eigenvalue weighted by Crippen LogP contribution is 2.33. The number of nitrogens with one attached hydrogen (secondary N) is 2. The zero-order valence-corrected chi connectivity index (χ0v) is 21.8. The van der Waals surface area contributed by atoms with Crippen LogP contribution in [0.25, 0.3) is 0 Å². The van der Waals surface area contributed by atoms with Crippen LogP contribution >= 0.6 is 0 Å². The SMILES string of the molecule is C=CCN(C(=O)C(CO)NC(=O)OC(C)(C)C)C(C(=O)Nc1ccc(OC)cc1)c1cccc(C)c1O. The van der Waals surface area contributed by atoms with Crippen molar-refractivity contribution in [2.75, 3.05) is 25.6 Å². The van der Waals surface area contributed by atoms with Crippen LogP contribution in [0.15, 0.2) is 55.1 Å². The molecule has 200 valence electrons.